The Morgan fingerprint density at radius 3 is 2.75 bits per heavy atom. The molecular weight excluding hydrogens is 252 g/mol. The average molecular weight is 276 g/mol. The maximum absolute atomic E-state index is 12.2. The fourth-order valence-corrected chi connectivity index (χ4v) is 2.46. The van der Waals surface area contributed by atoms with Gasteiger partial charge < -0.3 is 15.5 Å². The zero-order chi connectivity index (χ0) is 14.4. The molecule has 5 nitrogen and oxygen atoms in total. The van der Waals surface area contributed by atoms with E-state index in [0.717, 1.165) is 37.6 Å². The van der Waals surface area contributed by atoms with E-state index in [2.05, 4.69) is 20.5 Å². The molecule has 2 N–H and O–H groups in total. The Labute approximate surface area is 120 Å². The summed E-state index contributed by atoms with van der Waals surface area (Å²) in [5.74, 6) is 0.729. The van der Waals surface area contributed by atoms with Gasteiger partial charge in [-0.05, 0) is 44.5 Å². The second-order valence-electron chi connectivity index (χ2n) is 5.14. The van der Waals surface area contributed by atoms with Crippen molar-refractivity contribution < 1.29 is 4.79 Å². The SMILES string of the molecule is CCc1cc(C(=O)NCCN2CCCC2)cc(NC)n1. The number of rotatable bonds is 6. The van der Waals surface area contributed by atoms with Gasteiger partial charge in [0.15, 0.2) is 0 Å². The molecule has 2 heterocycles. The largest absolute Gasteiger partial charge is 0.373 e. The lowest BCUT2D eigenvalue weighted by Crippen LogP contribution is -2.33. The predicted molar refractivity (Wildman–Crippen MR) is 81.2 cm³/mol. The smallest absolute Gasteiger partial charge is 0.251 e. The first-order chi connectivity index (χ1) is 9.72. The van der Waals surface area contributed by atoms with Crippen LogP contribution in [0.1, 0.15) is 35.8 Å². The van der Waals surface area contributed by atoms with Crippen LogP contribution in [0.2, 0.25) is 0 Å². The Kier molecular flexibility index (Phi) is 5.35. The molecule has 0 aromatic carbocycles. The van der Waals surface area contributed by atoms with Crippen molar-refractivity contribution in [1.82, 2.24) is 15.2 Å². The van der Waals surface area contributed by atoms with Crippen molar-refractivity contribution in [3.8, 4) is 0 Å². The average Bonchev–Trinajstić information content (AvgIpc) is 2.99. The van der Waals surface area contributed by atoms with E-state index in [-0.39, 0.29) is 5.91 Å². The van der Waals surface area contributed by atoms with Gasteiger partial charge in [0.2, 0.25) is 0 Å². The summed E-state index contributed by atoms with van der Waals surface area (Å²) in [6, 6.07) is 3.66. The van der Waals surface area contributed by atoms with Crippen LogP contribution in [-0.2, 0) is 6.42 Å². The second-order valence-corrected chi connectivity index (χ2v) is 5.14. The van der Waals surface area contributed by atoms with E-state index in [0.29, 0.717) is 12.1 Å². The van der Waals surface area contributed by atoms with Crippen LogP contribution >= 0.6 is 0 Å². The molecule has 1 aliphatic heterocycles. The maximum Gasteiger partial charge on any atom is 0.251 e. The minimum Gasteiger partial charge on any atom is -0.373 e. The first kappa shape index (κ1) is 14.8. The first-order valence-electron chi connectivity index (χ1n) is 7.42. The number of carbonyl (C=O) groups is 1. The molecule has 0 aliphatic carbocycles. The summed E-state index contributed by atoms with van der Waals surface area (Å²) < 4.78 is 0. The molecule has 20 heavy (non-hydrogen) atoms. The van der Waals surface area contributed by atoms with Crippen molar-refractivity contribution in [2.24, 2.45) is 0 Å². The van der Waals surface area contributed by atoms with E-state index in [1.807, 2.05) is 20.0 Å². The van der Waals surface area contributed by atoms with Crippen LogP contribution in [0.25, 0.3) is 0 Å². The van der Waals surface area contributed by atoms with E-state index in [1.165, 1.54) is 12.8 Å². The van der Waals surface area contributed by atoms with Gasteiger partial charge in [-0.25, -0.2) is 4.98 Å². The Bertz CT molecular complexity index is 433. The molecule has 110 valence electrons. The Balaban J connectivity index is 1.90. The standard InChI is InChI=1S/C15H24N4O/c1-3-13-10-12(11-14(16-2)18-13)15(20)17-6-9-19-7-4-5-8-19/h10-11H,3-9H2,1-2H3,(H,16,18)(H,17,20). The van der Waals surface area contributed by atoms with Crippen molar-refractivity contribution in [2.45, 2.75) is 26.2 Å². The van der Waals surface area contributed by atoms with Crippen LogP contribution in [0, 0.1) is 0 Å². The molecule has 1 amide bonds. The highest BCUT2D eigenvalue weighted by Gasteiger charge is 2.12. The zero-order valence-corrected chi connectivity index (χ0v) is 12.4. The number of anilines is 1. The molecule has 1 aromatic rings. The molecule has 0 spiro atoms. The van der Waals surface area contributed by atoms with Gasteiger partial charge in [-0.2, -0.15) is 0 Å². The van der Waals surface area contributed by atoms with Crippen molar-refractivity contribution in [3.05, 3.63) is 23.4 Å². The van der Waals surface area contributed by atoms with Crippen molar-refractivity contribution in [3.63, 3.8) is 0 Å². The fraction of sp³-hybridized carbons (Fsp3) is 0.600. The van der Waals surface area contributed by atoms with Gasteiger partial charge in [0.25, 0.3) is 5.91 Å². The number of pyridine rings is 1. The molecule has 1 fully saturated rings. The highest BCUT2D eigenvalue weighted by molar-refractivity contribution is 5.95. The number of likely N-dealkylation sites (tertiary alicyclic amines) is 1. The summed E-state index contributed by atoms with van der Waals surface area (Å²) in [5, 5.41) is 5.99. The number of nitrogens with one attached hydrogen (secondary N) is 2. The van der Waals surface area contributed by atoms with E-state index >= 15 is 0 Å². The minimum absolute atomic E-state index is 0.0159. The van der Waals surface area contributed by atoms with Gasteiger partial charge in [0.1, 0.15) is 5.82 Å². The number of aromatic nitrogens is 1. The quantitative estimate of drug-likeness (QED) is 0.827. The van der Waals surface area contributed by atoms with Crippen LogP contribution in [0.15, 0.2) is 12.1 Å². The topological polar surface area (TPSA) is 57.3 Å². The Hall–Kier alpha value is -1.62. The third-order valence-electron chi connectivity index (χ3n) is 3.67. The second kappa shape index (κ2) is 7.24. The van der Waals surface area contributed by atoms with Gasteiger partial charge in [-0.3, -0.25) is 4.79 Å². The molecule has 1 saturated heterocycles. The molecule has 0 atom stereocenters. The molecule has 0 unspecified atom stereocenters. The number of amides is 1. The molecule has 0 radical (unpaired) electrons. The molecule has 2 rings (SSSR count). The third kappa shape index (κ3) is 3.93. The van der Waals surface area contributed by atoms with Crippen molar-refractivity contribution in [2.75, 3.05) is 38.5 Å². The van der Waals surface area contributed by atoms with E-state index in [9.17, 15) is 4.79 Å². The van der Waals surface area contributed by atoms with Gasteiger partial charge in [-0.15, -0.1) is 0 Å². The minimum atomic E-state index is -0.0159. The van der Waals surface area contributed by atoms with Gasteiger partial charge in [0.05, 0.1) is 0 Å². The number of nitrogens with zero attached hydrogens (tertiary/aromatic N) is 2. The molecule has 1 aromatic heterocycles. The maximum atomic E-state index is 12.2. The van der Waals surface area contributed by atoms with E-state index in [1.54, 1.807) is 6.07 Å². The van der Waals surface area contributed by atoms with Crippen molar-refractivity contribution in [1.29, 1.82) is 0 Å². The first-order valence-corrected chi connectivity index (χ1v) is 7.42. The van der Waals surface area contributed by atoms with Crippen LogP contribution in [0.5, 0.6) is 0 Å². The van der Waals surface area contributed by atoms with Crippen LogP contribution < -0.4 is 10.6 Å². The lowest BCUT2D eigenvalue weighted by atomic mass is 10.2. The van der Waals surface area contributed by atoms with Gasteiger partial charge in [-0.1, -0.05) is 6.92 Å². The molecule has 5 heteroatoms. The molecule has 0 saturated carbocycles. The van der Waals surface area contributed by atoms with Crippen LogP contribution in [0.4, 0.5) is 5.82 Å². The van der Waals surface area contributed by atoms with Crippen LogP contribution in [0.3, 0.4) is 0 Å². The monoisotopic (exact) mass is 276 g/mol. The summed E-state index contributed by atoms with van der Waals surface area (Å²) in [7, 11) is 1.82. The predicted octanol–water partition coefficient (Wildman–Crippen LogP) is 1.51. The Morgan fingerprint density at radius 1 is 1.35 bits per heavy atom. The summed E-state index contributed by atoms with van der Waals surface area (Å²) in [4.78, 5) is 19.0. The lowest BCUT2D eigenvalue weighted by molar-refractivity contribution is 0.0949. The number of aryl methyl sites for hydroxylation is 1. The number of carbonyl (C=O) groups excluding carboxylic acids is 1. The Morgan fingerprint density at radius 2 is 2.10 bits per heavy atom. The zero-order valence-electron chi connectivity index (χ0n) is 12.4. The summed E-state index contributed by atoms with van der Waals surface area (Å²) in [5.41, 5.74) is 1.61. The highest BCUT2D eigenvalue weighted by atomic mass is 16.1. The van der Waals surface area contributed by atoms with E-state index in [4.69, 9.17) is 0 Å². The highest BCUT2D eigenvalue weighted by Crippen LogP contribution is 2.11. The van der Waals surface area contributed by atoms with Crippen LogP contribution in [-0.4, -0.2) is 49.0 Å². The van der Waals surface area contributed by atoms with Gasteiger partial charge >= 0.3 is 0 Å². The summed E-state index contributed by atoms with van der Waals surface area (Å²) in [6.45, 7) is 6.01. The fourth-order valence-electron chi connectivity index (χ4n) is 2.46. The molecule has 1 aliphatic rings. The normalized spacial score (nSPS) is 15.3. The number of hydrogen-bond donors (Lipinski definition) is 2. The third-order valence-corrected chi connectivity index (χ3v) is 3.67. The van der Waals surface area contributed by atoms with E-state index < -0.39 is 0 Å². The lowest BCUT2D eigenvalue weighted by Gasteiger charge is -2.15. The molecule has 0 bridgehead atoms. The van der Waals surface area contributed by atoms with Gasteiger partial charge in [0, 0.05) is 31.4 Å². The number of hydrogen-bond acceptors (Lipinski definition) is 4. The summed E-state index contributed by atoms with van der Waals surface area (Å²) >= 11 is 0. The molecular formula is C15H24N4O. The summed E-state index contributed by atoms with van der Waals surface area (Å²) in [6.07, 6.45) is 3.39. The van der Waals surface area contributed by atoms with Crippen molar-refractivity contribution >= 4 is 11.7 Å².